The van der Waals surface area contributed by atoms with Crippen molar-refractivity contribution in [3.63, 3.8) is 0 Å². The van der Waals surface area contributed by atoms with Gasteiger partial charge in [0, 0.05) is 23.7 Å². The molecule has 0 unspecified atom stereocenters. The number of nitrogens with one attached hydrogen (secondary N) is 2. The van der Waals surface area contributed by atoms with Crippen molar-refractivity contribution >= 4 is 28.8 Å². The van der Waals surface area contributed by atoms with Crippen molar-refractivity contribution in [2.24, 2.45) is 7.05 Å². The maximum Gasteiger partial charge on any atom is 0.225 e. The van der Waals surface area contributed by atoms with Crippen molar-refractivity contribution in [1.82, 2.24) is 25.0 Å². The third-order valence-electron chi connectivity index (χ3n) is 4.52. The van der Waals surface area contributed by atoms with E-state index in [1.807, 2.05) is 26.1 Å². The summed E-state index contributed by atoms with van der Waals surface area (Å²) in [6.45, 7) is 2.03. The number of benzene rings is 2. The summed E-state index contributed by atoms with van der Waals surface area (Å²) in [5.41, 5.74) is 4.24. The zero-order valence-corrected chi connectivity index (χ0v) is 15.1. The van der Waals surface area contributed by atoms with Gasteiger partial charge in [0.1, 0.15) is 5.75 Å². The van der Waals surface area contributed by atoms with E-state index in [0.717, 1.165) is 34.0 Å². The second-order valence-electron chi connectivity index (χ2n) is 6.15. The molecule has 0 aliphatic rings. The van der Waals surface area contributed by atoms with Crippen LogP contribution in [-0.2, 0) is 7.05 Å². The summed E-state index contributed by atoms with van der Waals surface area (Å²) in [5.74, 6) is 1.64. The summed E-state index contributed by atoms with van der Waals surface area (Å²) in [6, 6.07) is 9.20. The highest BCUT2D eigenvalue weighted by molar-refractivity contribution is 5.87. The first-order valence-electron chi connectivity index (χ1n) is 8.35. The number of aryl methyl sites for hydroxylation is 2. The largest absolute Gasteiger partial charge is 0.496 e. The Morgan fingerprint density at radius 2 is 2.11 bits per heavy atom. The van der Waals surface area contributed by atoms with Gasteiger partial charge in [0.05, 0.1) is 24.4 Å². The molecule has 0 saturated heterocycles. The first kappa shape index (κ1) is 16.8. The molecular formula is C19H18N6O2. The van der Waals surface area contributed by atoms with E-state index in [-0.39, 0.29) is 0 Å². The number of nitrogens with zero attached hydrogens (tertiary/aromatic N) is 4. The SMILES string of the molecule is COc1cc(-c2nc(Nc3ccc4[nH]ncc4c3C)n(C)n2)ccc1C=O. The van der Waals surface area contributed by atoms with Crippen LogP contribution in [0.15, 0.2) is 36.5 Å². The number of carbonyl (C=O) groups is 1. The molecule has 2 aromatic carbocycles. The lowest BCUT2D eigenvalue weighted by Gasteiger charge is -2.08. The molecule has 136 valence electrons. The number of hydrogen-bond acceptors (Lipinski definition) is 6. The Hall–Kier alpha value is -3.68. The lowest BCUT2D eigenvalue weighted by molar-refractivity contribution is 0.112. The number of carbonyl (C=O) groups excluding carboxylic acids is 1. The molecule has 0 atom stereocenters. The Labute approximate surface area is 155 Å². The molecule has 2 N–H and O–H groups in total. The second kappa shape index (κ2) is 6.56. The number of anilines is 2. The number of aromatic nitrogens is 5. The van der Waals surface area contributed by atoms with E-state index in [9.17, 15) is 4.79 Å². The van der Waals surface area contributed by atoms with Crippen LogP contribution in [0.25, 0.3) is 22.3 Å². The van der Waals surface area contributed by atoms with Gasteiger partial charge in [-0.25, -0.2) is 4.68 Å². The van der Waals surface area contributed by atoms with Crippen molar-refractivity contribution in [2.45, 2.75) is 6.92 Å². The van der Waals surface area contributed by atoms with Gasteiger partial charge in [-0.15, -0.1) is 5.10 Å². The molecule has 0 aliphatic carbocycles. The van der Waals surface area contributed by atoms with Gasteiger partial charge in [-0.3, -0.25) is 9.89 Å². The predicted octanol–water partition coefficient (Wildman–Crippen LogP) is 3.23. The molecule has 0 spiro atoms. The lowest BCUT2D eigenvalue weighted by Crippen LogP contribution is -2.01. The fraction of sp³-hybridized carbons (Fsp3) is 0.158. The molecule has 0 amide bonds. The minimum Gasteiger partial charge on any atom is -0.496 e. The lowest BCUT2D eigenvalue weighted by atomic mass is 10.1. The molecule has 2 heterocycles. The number of methoxy groups -OCH3 is 1. The smallest absolute Gasteiger partial charge is 0.225 e. The molecule has 0 bridgehead atoms. The van der Waals surface area contributed by atoms with Crippen molar-refractivity contribution in [2.75, 3.05) is 12.4 Å². The summed E-state index contributed by atoms with van der Waals surface area (Å²) in [7, 11) is 3.35. The fourth-order valence-corrected chi connectivity index (χ4v) is 2.98. The summed E-state index contributed by atoms with van der Waals surface area (Å²) >= 11 is 0. The average molecular weight is 362 g/mol. The average Bonchev–Trinajstić information content (AvgIpc) is 3.31. The normalized spacial score (nSPS) is 10.9. The minimum atomic E-state index is 0.486. The van der Waals surface area contributed by atoms with Crippen LogP contribution in [0.2, 0.25) is 0 Å². The van der Waals surface area contributed by atoms with Crippen molar-refractivity contribution in [3.05, 3.63) is 47.7 Å². The van der Waals surface area contributed by atoms with Crippen molar-refractivity contribution < 1.29 is 9.53 Å². The van der Waals surface area contributed by atoms with Gasteiger partial charge in [-0.1, -0.05) is 6.07 Å². The highest BCUT2D eigenvalue weighted by Crippen LogP contribution is 2.28. The van der Waals surface area contributed by atoms with E-state index < -0.39 is 0 Å². The monoisotopic (exact) mass is 362 g/mol. The number of rotatable bonds is 5. The number of aromatic amines is 1. The van der Waals surface area contributed by atoms with Gasteiger partial charge < -0.3 is 10.1 Å². The number of hydrogen-bond donors (Lipinski definition) is 2. The third kappa shape index (κ3) is 2.91. The van der Waals surface area contributed by atoms with Crippen LogP contribution in [0, 0.1) is 6.92 Å². The summed E-state index contributed by atoms with van der Waals surface area (Å²) in [5, 5.41) is 15.9. The third-order valence-corrected chi connectivity index (χ3v) is 4.52. The van der Waals surface area contributed by atoms with Gasteiger partial charge in [-0.2, -0.15) is 10.1 Å². The van der Waals surface area contributed by atoms with Crippen LogP contribution in [0.4, 0.5) is 11.6 Å². The summed E-state index contributed by atoms with van der Waals surface area (Å²) in [4.78, 5) is 15.7. The van der Waals surface area contributed by atoms with Crippen molar-refractivity contribution in [3.8, 4) is 17.1 Å². The maximum absolute atomic E-state index is 11.1. The molecule has 0 saturated carbocycles. The molecule has 4 rings (SSSR count). The predicted molar refractivity (Wildman–Crippen MR) is 102 cm³/mol. The molecule has 2 aromatic heterocycles. The molecule has 0 fully saturated rings. The quantitative estimate of drug-likeness (QED) is 0.529. The molecule has 4 aromatic rings. The van der Waals surface area contributed by atoms with Crippen LogP contribution in [0.1, 0.15) is 15.9 Å². The number of fused-ring (bicyclic) bond motifs is 1. The van der Waals surface area contributed by atoms with Crippen LogP contribution in [0.5, 0.6) is 5.75 Å². The van der Waals surface area contributed by atoms with Crippen LogP contribution in [0.3, 0.4) is 0 Å². The Balaban J connectivity index is 1.69. The van der Waals surface area contributed by atoms with Crippen LogP contribution < -0.4 is 10.1 Å². The van der Waals surface area contributed by atoms with Crippen LogP contribution >= 0.6 is 0 Å². The van der Waals surface area contributed by atoms with Gasteiger partial charge in [-0.05, 0) is 36.8 Å². The highest BCUT2D eigenvalue weighted by atomic mass is 16.5. The highest BCUT2D eigenvalue weighted by Gasteiger charge is 2.13. The van der Waals surface area contributed by atoms with E-state index in [0.29, 0.717) is 23.1 Å². The van der Waals surface area contributed by atoms with Gasteiger partial charge in [0.15, 0.2) is 12.1 Å². The Bertz CT molecular complexity index is 1140. The van der Waals surface area contributed by atoms with Gasteiger partial charge >= 0.3 is 0 Å². The fourth-order valence-electron chi connectivity index (χ4n) is 2.98. The maximum atomic E-state index is 11.1. The molecule has 0 radical (unpaired) electrons. The van der Waals surface area contributed by atoms with E-state index in [1.165, 1.54) is 7.11 Å². The number of H-pyrrole nitrogens is 1. The second-order valence-corrected chi connectivity index (χ2v) is 6.15. The van der Waals surface area contributed by atoms with E-state index >= 15 is 0 Å². The molecular weight excluding hydrogens is 344 g/mol. The standard InChI is InChI=1S/C19H18N6O2/c1-11-14-9-20-23-16(14)7-6-15(11)21-19-22-18(24-25(19)2)12-4-5-13(10-26)17(8-12)27-3/h4-10H,1-3H3,(H,20,23)(H,21,22,24). The van der Waals surface area contributed by atoms with Crippen molar-refractivity contribution in [1.29, 1.82) is 0 Å². The van der Waals surface area contributed by atoms with E-state index in [4.69, 9.17) is 4.74 Å². The van der Waals surface area contributed by atoms with E-state index in [2.05, 4.69) is 25.6 Å². The Morgan fingerprint density at radius 1 is 1.26 bits per heavy atom. The zero-order valence-electron chi connectivity index (χ0n) is 15.1. The molecule has 27 heavy (non-hydrogen) atoms. The van der Waals surface area contributed by atoms with E-state index in [1.54, 1.807) is 29.1 Å². The Morgan fingerprint density at radius 3 is 2.89 bits per heavy atom. The first-order valence-corrected chi connectivity index (χ1v) is 8.35. The topological polar surface area (TPSA) is 97.7 Å². The molecule has 8 heteroatoms. The van der Waals surface area contributed by atoms with Gasteiger partial charge in [0.2, 0.25) is 5.95 Å². The number of aldehydes is 1. The van der Waals surface area contributed by atoms with Gasteiger partial charge in [0.25, 0.3) is 0 Å². The molecule has 8 nitrogen and oxygen atoms in total. The summed E-state index contributed by atoms with van der Waals surface area (Å²) < 4.78 is 6.94. The molecule has 0 aliphatic heterocycles. The van der Waals surface area contributed by atoms with Crippen LogP contribution in [-0.4, -0.2) is 38.4 Å². The minimum absolute atomic E-state index is 0.486. The summed E-state index contributed by atoms with van der Waals surface area (Å²) in [6.07, 6.45) is 2.56. The zero-order chi connectivity index (χ0) is 19.0. The Kier molecular flexibility index (Phi) is 4.08. The first-order chi connectivity index (χ1) is 13.1. The number of ether oxygens (including phenoxy) is 1.